The molecule has 96 valence electrons. The van der Waals surface area contributed by atoms with Crippen LogP contribution in [0.2, 0.25) is 0 Å². The Hall–Kier alpha value is -1.34. The monoisotopic (exact) mass is 312 g/mol. The van der Waals surface area contributed by atoms with E-state index < -0.39 is 0 Å². The molecule has 0 amide bonds. The Bertz CT molecular complexity index is 680. The van der Waals surface area contributed by atoms with Crippen LogP contribution < -0.4 is 0 Å². The third kappa shape index (κ3) is 2.06. The molecule has 0 bridgehead atoms. The van der Waals surface area contributed by atoms with Crippen LogP contribution in [0.3, 0.4) is 0 Å². The summed E-state index contributed by atoms with van der Waals surface area (Å²) in [5.41, 5.74) is 8.36. The molecule has 1 atom stereocenters. The Morgan fingerprint density at radius 1 is 1.05 bits per heavy atom. The van der Waals surface area contributed by atoms with E-state index in [4.69, 9.17) is 0 Å². The highest BCUT2D eigenvalue weighted by molar-refractivity contribution is 9.10. The van der Waals surface area contributed by atoms with Crippen LogP contribution in [0.25, 0.3) is 11.6 Å². The smallest absolute Gasteiger partial charge is 0.0178 e. The van der Waals surface area contributed by atoms with Crippen LogP contribution in [0.15, 0.2) is 40.9 Å². The molecule has 0 aromatic heterocycles. The molecule has 2 aromatic rings. The first-order valence-electron chi connectivity index (χ1n) is 6.65. The number of fused-ring (bicyclic) bond motifs is 1. The summed E-state index contributed by atoms with van der Waals surface area (Å²) in [6.07, 6.45) is 2.34. The zero-order valence-electron chi connectivity index (χ0n) is 11.5. The molecule has 1 aliphatic carbocycles. The molecule has 0 nitrogen and oxygen atoms in total. The van der Waals surface area contributed by atoms with Gasteiger partial charge in [0.2, 0.25) is 0 Å². The fraction of sp³-hybridized carbons (Fsp3) is 0.222. The van der Waals surface area contributed by atoms with E-state index >= 15 is 0 Å². The summed E-state index contributed by atoms with van der Waals surface area (Å²) in [5.74, 6) is 0.466. The van der Waals surface area contributed by atoms with Gasteiger partial charge in [-0.05, 0) is 59.4 Å². The van der Waals surface area contributed by atoms with Gasteiger partial charge in [-0.2, -0.15) is 0 Å². The van der Waals surface area contributed by atoms with Crippen molar-refractivity contribution in [1.29, 1.82) is 0 Å². The van der Waals surface area contributed by atoms with E-state index in [0.717, 1.165) is 4.47 Å². The zero-order chi connectivity index (χ0) is 13.6. The van der Waals surface area contributed by atoms with Gasteiger partial charge in [0.15, 0.2) is 0 Å². The first-order chi connectivity index (χ1) is 9.08. The summed E-state index contributed by atoms with van der Waals surface area (Å²) < 4.78 is 1.16. The molecule has 2 aromatic carbocycles. The van der Waals surface area contributed by atoms with Crippen LogP contribution in [0.4, 0.5) is 0 Å². The van der Waals surface area contributed by atoms with E-state index in [2.05, 4.69) is 79.2 Å². The Morgan fingerprint density at radius 3 is 2.63 bits per heavy atom. The summed E-state index contributed by atoms with van der Waals surface area (Å²) in [6, 6.07) is 13.1. The molecule has 19 heavy (non-hydrogen) atoms. The second-order valence-corrected chi connectivity index (χ2v) is 6.26. The average Bonchev–Trinajstić information content (AvgIpc) is 2.70. The van der Waals surface area contributed by atoms with Gasteiger partial charge in [-0.3, -0.25) is 0 Å². The third-order valence-corrected chi connectivity index (χ3v) is 4.70. The van der Waals surface area contributed by atoms with Crippen LogP contribution in [0.1, 0.15) is 40.7 Å². The molecule has 0 aliphatic heterocycles. The first kappa shape index (κ1) is 12.7. The Morgan fingerprint density at radius 2 is 1.84 bits per heavy atom. The lowest BCUT2D eigenvalue weighted by Gasteiger charge is -2.15. The van der Waals surface area contributed by atoms with Gasteiger partial charge in [-0.15, -0.1) is 0 Å². The zero-order valence-corrected chi connectivity index (χ0v) is 13.1. The molecule has 0 N–H and O–H groups in total. The number of rotatable bonds is 1. The average molecular weight is 313 g/mol. The second-order valence-electron chi connectivity index (χ2n) is 5.34. The van der Waals surface area contributed by atoms with Gasteiger partial charge >= 0.3 is 0 Å². The minimum Gasteiger partial charge on any atom is -0.0614 e. The van der Waals surface area contributed by atoms with Crippen LogP contribution in [-0.2, 0) is 0 Å². The summed E-state index contributed by atoms with van der Waals surface area (Å²) in [6.45, 7) is 6.70. The quantitative estimate of drug-likeness (QED) is 0.631. The van der Waals surface area contributed by atoms with Crippen molar-refractivity contribution in [2.75, 3.05) is 0 Å². The molecule has 1 unspecified atom stereocenters. The molecular formula is C18H17Br. The van der Waals surface area contributed by atoms with Crippen LogP contribution in [0, 0.1) is 13.8 Å². The van der Waals surface area contributed by atoms with Gasteiger partial charge in [0.05, 0.1) is 0 Å². The van der Waals surface area contributed by atoms with Gasteiger partial charge in [0.1, 0.15) is 0 Å². The van der Waals surface area contributed by atoms with Crippen molar-refractivity contribution in [3.05, 3.63) is 68.7 Å². The molecule has 1 heteroatoms. The molecule has 3 rings (SSSR count). The number of hydrogen-bond donors (Lipinski definition) is 0. The van der Waals surface area contributed by atoms with Gasteiger partial charge in [0, 0.05) is 10.4 Å². The second kappa shape index (κ2) is 4.64. The normalized spacial score (nSPS) is 17.3. The van der Waals surface area contributed by atoms with Crippen LogP contribution in [0.5, 0.6) is 0 Å². The minimum absolute atomic E-state index is 0.466. The lowest BCUT2D eigenvalue weighted by molar-refractivity contribution is 1.00. The van der Waals surface area contributed by atoms with Crippen molar-refractivity contribution >= 4 is 27.6 Å². The van der Waals surface area contributed by atoms with Gasteiger partial charge in [0.25, 0.3) is 0 Å². The molecule has 1 aliphatic rings. The molecule has 0 saturated heterocycles. The topological polar surface area (TPSA) is 0 Å². The predicted octanol–water partition coefficient (Wildman–Crippen LogP) is 5.72. The highest BCUT2D eigenvalue weighted by Crippen LogP contribution is 2.43. The van der Waals surface area contributed by atoms with Crippen molar-refractivity contribution in [3.63, 3.8) is 0 Å². The van der Waals surface area contributed by atoms with E-state index in [1.165, 1.54) is 33.4 Å². The highest BCUT2D eigenvalue weighted by Gasteiger charge is 2.23. The number of allylic oxidation sites excluding steroid dienone is 1. The Balaban J connectivity index is 2.12. The Kier molecular flexibility index (Phi) is 3.10. The predicted molar refractivity (Wildman–Crippen MR) is 86.3 cm³/mol. The summed E-state index contributed by atoms with van der Waals surface area (Å²) in [7, 11) is 0. The molecule has 0 spiro atoms. The third-order valence-electron chi connectivity index (χ3n) is 4.21. The van der Waals surface area contributed by atoms with Gasteiger partial charge < -0.3 is 0 Å². The van der Waals surface area contributed by atoms with Crippen molar-refractivity contribution in [2.24, 2.45) is 0 Å². The first-order valence-corrected chi connectivity index (χ1v) is 7.45. The largest absolute Gasteiger partial charge is 0.0614 e. The fourth-order valence-corrected chi connectivity index (χ4v) is 3.27. The van der Waals surface area contributed by atoms with Crippen LogP contribution >= 0.6 is 15.9 Å². The van der Waals surface area contributed by atoms with E-state index in [1.54, 1.807) is 0 Å². The van der Waals surface area contributed by atoms with Gasteiger partial charge in [-0.1, -0.05) is 53.2 Å². The van der Waals surface area contributed by atoms with E-state index in [-0.39, 0.29) is 0 Å². The Labute approximate surface area is 123 Å². The maximum atomic E-state index is 3.57. The lowest BCUT2D eigenvalue weighted by atomic mass is 9.89. The summed E-state index contributed by atoms with van der Waals surface area (Å²) in [5, 5.41) is 0. The lowest BCUT2D eigenvalue weighted by Crippen LogP contribution is -1.96. The molecule has 0 heterocycles. The van der Waals surface area contributed by atoms with Crippen molar-refractivity contribution < 1.29 is 0 Å². The van der Waals surface area contributed by atoms with Crippen molar-refractivity contribution in [1.82, 2.24) is 0 Å². The number of hydrogen-bond acceptors (Lipinski definition) is 0. The van der Waals surface area contributed by atoms with Crippen molar-refractivity contribution in [2.45, 2.75) is 26.7 Å². The highest BCUT2D eigenvalue weighted by atomic mass is 79.9. The molecule has 0 fully saturated rings. The minimum atomic E-state index is 0.466. The van der Waals surface area contributed by atoms with E-state index in [1.807, 2.05) is 0 Å². The number of aryl methyl sites for hydroxylation is 1. The standard InChI is InChI=1S/C18H17Br/c1-11-5-4-6-16(12(11)2)18-9-14-7-8-15(19)10-17(14)13(18)3/h4-10,13H,1-3H3. The number of halogens is 1. The maximum absolute atomic E-state index is 3.57. The van der Waals surface area contributed by atoms with Gasteiger partial charge in [-0.25, -0.2) is 0 Å². The van der Waals surface area contributed by atoms with Crippen molar-refractivity contribution in [3.8, 4) is 0 Å². The number of benzene rings is 2. The summed E-state index contributed by atoms with van der Waals surface area (Å²) >= 11 is 3.57. The summed E-state index contributed by atoms with van der Waals surface area (Å²) in [4.78, 5) is 0. The van der Waals surface area contributed by atoms with E-state index in [0.29, 0.717) is 5.92 Å². The van der Waals surface area contributed by atoms with Crippen LogP contribution in [-0.4, -0.2) is 0 Å². The maximum Gasteiger partial charge on any atom is 0.0178 e. The fourth-order valence-electron chi connectivity index (χ4n) is 2.89. The molecule has 0 saturated carbocycles. The molecular weight excluding hydrogens is 296 g/mol. The van der Waals surface area contributed by atoms with E-state index in [9.17, 15) is 0 Å². The molecule has 0 radical (unpaired) electrons. The SMILES string of the molecule is Cc1cccc(C2=Cc3ccc(Br)cc3C2C)c1C.